The Balaban J connectivity index is 1.47. The maximum Gasteiger partial charge on any atom is 0.357 e. The van der Waals surface area contributed by atoms with E-state index < -0.39 is 23.3 Å². The highest BCUT2D eigenvalue weighted by Crippen LogP contribution is 2.43. The SMILES string of the molecule is COC(=O)c1nc(C(=O)NC2(C#N)CCCCC2)ccc1-c1cc2c(cc1C(=O)Nc1ccc(CN)cc1C)-c1sccc1CCO2. The number of amides is 2. The first-order valence-corrected chi connectivity index (χ1v) is 16.5. The Morgan fingerprint density at radius 3 is 2.57 bits per heavy atom. The van der Waals surface area contributed by atoms with Crippen LogP contribution in [-0.2, 0) is 17.7 Å². The molecule has 240 valence electrons. The van der Waals surface area contributed by atoms with Gasteiger partial charge in [-0.05, 0) is 78.2 Å². The van der Waals surface area contributed by atoms with E-state index >= 15 is 0 Å². The number of methoxy groups -OCH3 is 1. The van der Waals surface area contributed by atoms with Gasteiger partial charge >= 0.3 is 5.97 Å². The van der Waals surface area contributed by atoms with Crippen LogP contribution in [0.2, 0.25) is 0 Å². The number of aryl methyl sites for hydroxylation is 1. The van der Waals surface area contributed by atoms with Gasteiger partial charge in [0.05, 0.1) is 19.8 Å². The summed E-state index contributed by atoms with van der Waals surface area (Å²) in [4.78, 5) is 46.2. The highest BCUT2D eigenvalue weighted by Gasteiger charge is 2.35. The zero-order valence-electron chi connectivity index (χ0n) is 26.3. The third-order valence-corrected chi connectivity index (χ3v) is 9.82. The first kappa shape index (κ1) is 31.9. The molecule has 1 aliphatic heterocycles. The third kappa shape index (κ3) is 6.35. The monoisotopic (exact) mass is 649 g/mol. The lowest BCUT2D eigenvalue weighted by atomic mass is 9.83. The molecule has 1 saturated carbocycles. The predicted molar refractivity (Wildman–Crippen MR) is 179 cm³/mol. The number of rotatable bonds is 7. The Labute approximate surface area is 276 Å². The molecule has 4 N–H and O–H groups in total. The van der Waals surface area contributed by atoms with E-state index in [9.17, 15) is 19.6 Å². The van der Waals surface area contributed by atoms with Crippen molar-refractivity contribution in [3.05, 3.63) is 87.6 Å². The van der Waals surface area contributed by atoms with Crippen LogP contribution in [0.4, 0.5) is 5.69 Å². The summed E-state index contributed by atoms with van der Waals surface area (Å²) in [6, 6.07) is 16.5. The van der Waals surface area contributed by atoms with E-state index in [1.807, 2.05) is 30.5 Å². The van der Waals surface area contributed by atoms with E-state index in [0.717, 1.165) is 46.4 Å². The second-order valence-corrected chi connectivity index (χ2v) is 12.8. The number of fused-ring (bicyclic) bond motifs is 3. The fraction of sp³-hybridized carbons (Fsp3) is 0.306. The molecule has 1 aliphatic carbocycles. The van der Waals surface area contributed by atoms with Crippen LogP contribution in [0.1, 0.15) is 80.1 Å². The largest absolute Gasteiger partial charge is 0.493 e. The molecule has 1 fully saturated rings. The van der Waals surface area contributed by atoms with Gasteiger partial charge in [-0.3, -0.25) is 9.59 Å². The number of nitrogens with two attached hydrogens (primary N) is 1. The molecule has 0 spiro atoms. The summed E-state index contributed by atoms with van der Waals surface area (Å²) in [6.45, 7) is 2.71. The predicted octanol–water partition coefficient (Wildman–Crippen LogP) is 6.17. The van der Waals surface area contributed by atoms with Crippen LogP contribution >= 0.6 is 11.3 Å². The van der Waals surface area contributed by atoms with Crippen molar-refractivity contribution in [2.75, 3.05) is 19.0 Å². The Bertz CT molecular complexity index is 1920. The Morgan fingerprint density at radius 2 is 1.85 bits per heavy atom. The molecule has 0 atom stereocenters. The van der Waals surface area contributed by atoms with Crippen LogP contribution in [0, 0.1) is 18.3 Å². The molecule has 2 aromatic carbocycles. The van der Waals surface area contributed by atoms with Gasteiger partial charge in [-0.1, -0.05) is 31.4 Å². The van der Waals surface area contributed by atoms with Gasteiger partial charge < -0.3 is 25.8 Å². The van der Waals surface area contributed by atoms with Crippen molar-refractivity contribution in [3.63, 3.8) is 0 Å². The average Bonchev–Trinajstić information content (AvgIpc) is 3.49. The zero-order chi connectivity index (χ0) is 33.1. The lowest BCUT2D eigenvalue weighted by molar-refractivity contribution is 0.0594. The van der Waals surface area contributed by atoms with E-state index in [2.05, 4.69) is 27.8 Å². The molecule has 47 heavy (non-hydrogen) atoms. The number of hydrogen-bond donors (Lipinski definition) is 3. The number of carbonyl (C=O) groups is 3. The molecule has 2 aliphatic rings. The summed E-state index contributed by atoms with van der Waals surface area (Å²) in [5.41, 5.74) is 9.92. The number of nitrogens with zero attached hydrogens (tertiary/aromatic N) is 2. The molecular weight excluding hydrogens is 614 g/mol. The summed E-state index contributed by atoms with van der Waals surface area (Å²) < 4.78 is 11.3. The summed E-state index contributed by atoms with van der Waals surface area (Å²) >= 11 is 1.57. The number of anilines is 1. The Morgan fingerprint density at radius 1 is 1.04 bits per heavy atom. The van der Waals surface area contributed by atoms with Crippen LogP contribution in [0.15, 0.2) is 53.9 Å². The van der Waals surface area contributed by atoms with Gasteiger partial charge in [0.2, 0.25) is 0 Å². The van der Waals surface area contributed by atoms with E-state index in [1.54, 1.807) is 29.5 Å². The number of ether oxygens (including phenoxy) is 2. The zero-order valence-corrected chi connectivity index (χ0v) is 27.1. The lowest BCUT2D eigenvalue weighted by Gasteiger charge is -2.31. The van der Waals surface area contributed by atoms with Crippen LogP contribution in [-0.4, -0.2) is 42.0 Å². The molecule has 0 radical (unpaired) electrons. The number of esters is 1. The molecule has 6 rings (SSSR count). The molecule has 2 aromatic heterocycles. The van der Waals surface area contributed by atoms with Gasteiger partial charge in [-0.25, -0.2) is 9.78 Å². The summed E-state index contributed by atoms with van der Waals surface area (Å²) in [5, 5.41) is 17.8. The van der Waals surface area contributed by atoms with Crippen LogP contribution in [0.3, 0.4) is 0 Å². The molecule has 2 amide bonds. The van der Waals surface area contributed by atoms with Gasteiger partial charge in [0.25, 0.3) is 11.8 Å². The average molecular weight is 650 g/mol. The Hall–Kier alpha value is -5.05. The van der Waals surface area contributed by atoms with E-state index in [4.69, 9.17) is 15.2 Å². The van der Waals surface area contributed by atoms with Gasteiger partial charge in [0.15, 0.2) is 5.69 Å². The number of nitrogens with one attached hydrogen (secondary N) is 2. The highest BCUT2D eigenvalue weighted by atomic mass is 32.1. The van der Waals surface area contributed by atoms with Crippen molar-refractivity contribution in [1.82, 2.24) is 10.3 Å². The topological polar surface area (TPSA) is 156 Å². The lowest BCUT2D eigenvalue weighted by Crippen LogP contribution is -2.48. The van der Waals surface area contributed by atoms with Crippen molar-refractivity contribution in [1.29, 1.82) is 5.26 Å². The fourth-order valence-electron chi connectivity index (χ4n) is 6.27. The summed E-state index contributed by atoms with van der Waals surface area (Å²) in [7, 11) is 1.23. The normalized spacial score (nSPS) is 14.8. The minimum Gasteiger partial charge on any atom is -0.493 e. The number of nitriles is 1. The summed E-state index contributed by atoms with van der Waals surface area (Å²) in [5.74, 6) is -1.18. The van der Waals surface area contributed by atoms with E-state index in [-0.39, 0.29) is 17.0 Å². The maximum atomic E-state index is 14.1. The van der Waals surface area contributed by atoms with Crippen LogP contribution < -0.4 is 21.1 Å². The number of pyridine rings is 1. The molecule has 10 nitrogen and oxygen atoms in total. The summed E-state index contributed by atoms with van der Waals surface area (Å²) in [6.07, 6.45) is 4.48. The number of benzene rings is 2. The fourth-order valence-corrected chi connectivity index (χ4v) is 7.24. The molecule has 11 heteroatoms. The third-order valence-electron chi connectivity index (χ3n) is 8.83. The number of hydrogen-bond acceptors (Lipinski definition) is 9. The van der Waals surface area contributed by atoms with Crippen LogP contribution in [0.25, 0.3) is 21.6 Å². The first-order valence-electron chi connectivity index (χ1n) is 15.6. The second kappa shape index (κ2) is 13.4. The van der Waals surface area contributed by atoms with Gasteiger partial charge in [0.1, 0.15) is 17.0 Å². The first-order chi connectivity index (χ1) is 22.8. The van der Waals surface area contributed by atoms with Crippen LogP contribution in [0.5, 0.6) is 5.75 Å². The Kier molecular flexibility index (Phi) is 9.07. The number of carbonyl (C=O) groups excluding carboxylic acids is 3. The standard InChI is InChI=1S/C36H35N5O5S/c1-21-16-22(19-37)6-8-28(21)40-33(42)26-17-27-30(46-14-10-23-11-15-47-32(23)27)18-25(26)24-7-9-29(39-31(24)35(44)45-2)34(43)41-36(20-38)12-4-3-5-13-36/h6-9,11,15-18H,3-5,10,12-14,19,37H2,1-2H3,(H,40,42)(H,41,43). The maximum absolute atomic E-state index is 14.1. The molecule has 4 aromatic rings. The van der Waals surface area contributed by atoms with Crippen molar-refractivity contribution < 1.29 is 23.9 Å². The van der Waals surface area contributed by atoms with E-state index in [1.165, 1.54) is 13.2 Å². The van der Waals surface area contributed by atoms with Gasteiger partial charge in [-0.15, -0.1) is 11.3 Å². The van der Waals surface area contributed by atoms with E-state index in [0.29, 0.717) is 55.0 Å². The molecule has 0 bridgehead atoms. The van der Waals surface area contributed by atoms with Crippen molar-refractivity contribution >= 4 is 34.8 Å². The van der Waals surface area contributed by atoms with Gasteiger partial charge in [-0.2, -0.15) is 5.26 Å². The molecule has 3 heterocycles. The van der Waals surface area contributed by atoms with Crippen molar-refractivity contribution in [2.24, 2.45) is 5.73 Å². The molecule has 0 unspecified atom stereocenters. The van der Waals surface area contributed by atoms with Crippen molar-refractivity contribution in [2.45, 2.75) is 57.5 Å². The van der Waals surface area contributed by atoms with Gasteiger partial charge in [0, 0.05) is 45.8 Å². The highest BCUT2D eigenvalue weighted by molar-refractivity contribution is 7.13. The smallest absolute Gasteiger partial charge is 0.357 e. The number of aromatic nitrogens is 1. The molecular formula is C36H35N5O5S. The van der Waals surface area contributed by atoms with Crippen molar-refractivity contribution in [3.8, 4) is 33.4 Å². The minimum absolute atomic E-state index is 0.0368. The quantitative estimate of drug-likeness (QED) is 0.201. The molecule has 0 saturated heterocycles. The number of thiophene rings is 1. The second-order valence-electron chi connectivity index (χ2n) is 11.9. The minimum atomic E-state index is -0.984.